The molecule has 3 N–H and O–H groups in total. The number of halogens is 1. The van der Waals surface area contributed by atoms with Crippen LogP contribution in [0.2, 0.25) is 0 Å². The molecule has 0 fully saturated rings. The lowest BCUT2D eigenvalue weighted by Crippen LogP contribution is -2.07. The molecule has 2 aromatic carbocycles. The van der Waals surface area contributed by atoms with Gasteiger partial charge in [0.15, 0.2) is 0 Å². The summed E-state index contributed by atoms with van der Waals surface area (Å²) >= 11 is 0. The van der Waals surface area contributed by atoms with E-state index in [1.54, 1.807) is 14.2 Å². The molecule has 28 heavy (non-hydrogen) atoms. The second-order valence-electron chi connectivity index (χ2n) is 5.76. The van der Waals surface area contributed by atoms with Crippen molar-refractivity contribution in [1.29, 1.82) is 0 Å². The van der Waals surface area contributed by atoms with Crippen LogP contribution in [0.1, 0.15) is 25.2 Å². The summed E-state index contributed by atoms with van der Waals surface area (Å²) in [5.74, 6) is 6.81. The van der Waals surface area contributed by atoms with Gasteiger partial charge in [0.25, 0.3) is 0 Å². The quantitative estimate of drug-likeness (QED) is 0.470. The summed E-state index contributed by atoms with van der Waals surface area (Å²) in [5.41, 5.74) is 6.66. The van der Waals surface area contributed by atoms with E-state index in [0.717, 1.165) is 41.4 Å². The van der Waals surface area contributed by atoms with Gasteiger partial charge in [-0.25, -0.2) is 4.68 Å². The fourth-order valence-corrected chi connectivity index (χ4v) is 2.68. The van der Waals surface area contributed by atoms with Crippen LogP contribution in [0, 0.1) is 0 Å². The molecule has 0 aliphatic carbocycles. The third-order valence-corrected chi connectivity index (χ3v) is 4.13. The van der Waals surface area contributed by atoms with Crippen LogP contribution in [-0.4, -0.2) is 24.0 Å². The van der Waals surface area contributed by atoms with Crippen LogP contribution in [0.15, 0.2) is 54.6 Å². The molecule has 0 atom stereocenters. The summed E-state index contributed by atoms with van der Waals surface area (Å²) in [6.45, 7) is 4.26. The summed E-state index contributed by atoms with van der Waals surface area (Å²) in [6.07, 6.45) is 1.92. The smallest absolute Gasteiger partial charge is 0.144 e. The zero-order valence-corrected chi connectivity index (χ0v) is 17.6. The van der Waals surface area contributed by atoms with Crippen LogP contribution in [0.4, 0.5) is 5.69 Å². The van der Waals surface area contributed by atoms with E-state index < -0.39 is 0 Å². The number of anilines is 1. The molecule has 0 bridgehead atoms. The van der Waals surface area contributed by atoms with Gasteiger partial charge in [0.1, 0.15) is 17.2 Å². The SMILES string of the molecule is CCc1cc(CC)n(-c2ccccc2OC)n1.COc1ccccc1NN.Cl. The number of nitrogens with two attached hydrogens (primary N) is 1. The summed E-state index contributed by atoms with van der Waals surface area (Å²) in [7, 11) is 3.30. The number of nitrogens with zero attached hydrogens (tertiary/aromatic N) is 2. The largest absolute Gasteiger partial charge is 0.495 e. The second kappa shape index (κ2) is 11.9. The minimum atomic E-state index is 0. The van der Waals surface area contributed by atoms with Gasteiger partial charge in [-0.05, 0) is 43.2 Å². The van der Waals surface area contributed by atoms with Gasteiger partial charge in [0.05, 0.1) is 25.6 Å². The van der Waals surface area contributed by atoms with Gasteiger partial charge >= 0.3 is 0 Å². The Balaban J connectivity index is 0.000000307. The number of aromatic nitrogens is 2. The van der Waals surface area contributed by atoms with Crippen molar-refractivity contribution in [2.24, 2.45) is 5.84 Å². The Kier molecular flexibility index (Phi) is 9.92. The maximum atomic E-state index is 5.38. The molecule has 7 heteroatoms. The molecular formula is C21H29ClN4O2. The molecular weight excluding hydrogens is 376 g/mol. The van der Waals surface area contributed by atoms with Crippen LogP contribution in [-0.2, 0) is 12.8 Å². The first-order chi connectivity index (χ1) is 13.2. The number of ether oxygens (including phenoxy) is 2. The number of hydrogen-bond donors (Lipinski definition) is 2. The van der Waals surface area contributed by atoms with Gasteiger partial charge in [-0.3, -0.25) is 5.84 Å². The summed E-state index contributed by atoms with van der Waals surface area (Å²) in [6, 6.07) is 17.6. The number of nitrogens with one attached hydrogen (secondary N) is 1. The zero-order valence-electron chi connectivity index (χ0n) is 16.8. The molecule has 6 nitrogen and oxygen atoms in total. The molecule has 0 amide bonds. The standard InChI is InChI=1S/C14H18N2O.C7H10N2O.ClH/c1-4-11-10-12(5-2)16(15-11)13-8-6-7-9-14(13)17-3;1-10-7-5-3-2-4-6(7)9-8;/h6-10H,4-5H2,1-3H3;2-5,9H,8H2,1H3;1H. The average Bonchev–Trinajstić information content (AvgIpc) is 3.17. The van der Waals surface area contributed by atoms with E-state index in [1.807, 2.05) is 53.2 Å². The topological polar surface area (TPSA) is 74.3 Å². The minimum absolute atomic E-state index is 0. The predicted molar refractivity (Wildman–Crippen MR) is 117 cm³/mol. The third kappa shape index (κ3) is 5.65. The monoisotopic (exact) mass is 404 g/mol. The normalized spacial score (nSPS) is 9.61. The van der Waals surface area contributed by atoms with Crippen molar-refractivity contribution in [1.82, 2.24) is 9.78 Å². The molecule has 3 rings (SSSR count). The van der Waals surface area contributed by atoms with Crippen LogP contribution in [0.5, 0.6) is 11.5 Å². The zero-order chi connectivity index (χ0) is 19.6. The van der Waals surface area contributed by atoms with E-state index in [2.05, 4.69) is 30.4 Å². The number of aryl methyl sites for hydroxylation is 2. The number of hydrogen-bond acceptors (Lipinski definition) is 5. The van der Waals surface area contributed by atoms with E-state index in [4.69, 9.17) is 15.3 Å². The Morgan fingerprint density at radius 1 is 0.929 bits per heavy atom. The van der Waals surface area contributed by atoms with Crippen molar-refractivity contribution < 1.29 is 9.47 Å². The molecule has 1 aromatic heterocycles. The van der Waals surface area contributed by atoms with Crippen molar-refractivity contribution in [3.63, 3.8) is 0 Å². The first-order valence-corrected chi connectivity index (χ1v) is 8.99. The average molecular weight is 405 g/mol. The van der Waals surface area contributed by atoms with E-state index in [-0.39, 0.29) is 12.4 Å². The summed E-state index contributed by atoms with van der Waals surface area (Å²) < 4.78 is 12.4. The van der Waals surface area contributed by atoms with Gasteiger partial charge < -0.3 is 14.9 Å². The first kappa shape index (κ1) is 23.3. The van der Waals surface area contributed by atoms with Crippen molar-refractivity contribution >= 4 is 18.1 Å². The molecule has 0 spiro atoms. The van der Waals surface area contributed by atoms with E-state index in [0.29, 0.717) is 0 Å². The van der Waals surface area contributed by atoms with Gasteiger partial charge in [-0.1, -0.05) is 38.1 Å². The first-order valence-electron chi connectivity index (χ1n) is 8.99. The van der Waals surface area contributed by atoms with Crippen molar-refractivity contribution in [2.45, 2.75) is 26.7 Å². The van der Waals surface area contributed by atoms with Gasteiger partial charge in [-0.2, -0.15) is 5.10 Å². The highest BCUT2D eigenvalue weighted by Gasteiger charge is 2.10. The maximum absolute atomic E-state index is 5.38. The van der Waals surface area contributed by atoms with E-state index in [1.165, 1.54) is 5.69 Å². The molecule has 0 aliphatic heterocycles. The highest BCUT2D eigenvalue weighted by atomic mass is 35.5. The summed E-state index contributed by atoms with van der Waals surface area (Å²) in [5, 5.41) is 4.62. The van der Waals surface area contributed by atoms with Crippen molar-refractivity contribution in [2.75, 3.05) is 19.6 Å². The number of para-hydroxylation sites is 4. The molecule has 0 aliphatic rings. The molecule has 0 saturated heterocycles. The fraction of sp³-hybridized carbons (Fsp3) is 0.286. The van der Waals surface area contributed by atoms with Crippen molar-refractivity contribution in [3.8, 4) is 17.2 Å². The Labute approximate surface area is 173 Å². The van der Waals surface area contributed by atoms with Crippen LogP contribution >= 0.6 is 12.4 Å². The van der Waals surface area contributed by atoms with Crippen LogP contribution in [0.3, 0.4) is 0 Å². The van der Waals surface area contributed by atoms with Gasteiger partial charge in [-0.15, -0.1) is 12.4 Å². The lowest BCUT2D eigenvalue weighted by molar-refractivity contribution is 0.411. The Hall–Kier alpha value is -2.70. The molecule has 0 unspecified atom stereocenters. The Bertz CT molecular complexity index is 829. The highest BCUT2D eigenvalue weighted by Crippen LogP contribution is 2.24. The fourth-order valence-electron chi connectivity index (χ4n) is 2.68. The molecule has 1 heterocycles. The van der Waals surface area contributed by atoms with Crippen LogP contribution in [0.25, 0.3) is 5.69 Å². The second-order valence-corrected chi connectivity index (χ2v) is 5.76. The maximum Gasteiger partial charge on any atom is 0.144 e. The van der Waals surface area contributed by atoms with E-state index >= 15 is 0 Å². The molecule has 3 aromatic rings. The van der Waals surface area contributed by atoms with E-state index in [9.17, 15) is 0 Å². The number of nitrogen functional groups attached to an aromatic ring is 1. The van der Waals surface area contributed by atoms with Crippen molar-refractivity contribution in [3.05, 3.63) is 66.0 Å². The molecule has 0 radical (unpaired) electrons. The molecule has 0 saturated carbocycles. The third-order valence-electron chi connectivity index (χ3n) is 4.13. The minimum Gasteiger partial charge on any atom is -0.495 e. The lowest BCUT2D eigenvalue weighted by atomic mass is 10.2. The number of hydrazine groups is 1. The number of rotatable bonds is 6. The lowest BCUT2D eigenvalue weighted by Gasteiger charge is -2.10. The highest BCUT2D eigenvalue weighted by molar-refractivity contribution is 5.85. The number of benzene rings is 2. The summed E-state index contributed by atoms with van der Waals surface area (Å²) in [4.78, 5) is 0. The van der Waals surface area contributed by atoms with Crippen LogP contribution < -0.4 is 20.7 Å². The Morgan fingerprint density at radius 2 is 1.54 bits per heavy atom. The van der Waals surface area contributed by atoms with Gasteiger partial charge in [0.2, 0.25) is 0 Å². The molecule has 152 valence electrons. The Morgan fingerprint density at radius 3 is 2.07 bits per heavy atom. The van der Waals surface area contributed by atoms with Gasteiger partial charge in [0, 0.05) is 5.69 Å². The predicted octanol–water partition coefficient (Wildman–Crippen LogP) is 4.41. The number of methoxy groups -OCH3 is 2.